The summed E-state index contributed by atoms with van der Waals surface area (Å²) in [7, 11) is 1.61. The van der Waals surface area contributed by atoms with Gasteiger partial charge in [0.05, 0.1) is 13.2 Å². The van der Waals surface area contributed by atoms with Crippen molar-refractivity contribution >= 4 is 17.5 Å². The number of nitrogens with zero attached hydrogens (tertiary/aromatic N) is 4. The smallest absolute Gasteiger partial charge is 0.244 e. The molecule has 7 nitrogen and oxygen atoms in total. The number of aromatic nitrogens is 4. The van der Waals surface area contributed by atoms with Gasteiger partial charge < -0.3 is 10.1 Å². The summed E-state index contributed by atoms with van der Waals surface area (Å²) in [6.07, 6.45) is 0. The molecule has 1 heterocycles. The molecule has 1 N–H and O–H groups in total. The van der Waals surface area contributed by atoms with Crippen molar-refractivity contribution in [3.8, 4) is 17.1 Å². The second-order valence-corrected chi connectivity index (χ2v) is 6.62. The minimum atomic E-state index is -0.217. The van der Waals surface area contributed by atoms with E-state index in [2.05, 4.69) is 20.7 Å². The summed E-state index contributed by atoms with van der Waals surface area (Å²) in [5.74, 6) is 0.955. The Labute approximate surface area is 162 Å². The van der Waals surface area contributed by atoms with E-state index in [9.17, 15) is 4.79 Å². The molecule has 1 aromatic heterocycles. The molecule has 0 saturated heterocycles. The largest absolute Gasteiger partial charge is 0.496 e. The lowest BCUT2D eigenvalue weighted by Crippen LogP contribution is -2.31. The standard InChI is InChI=1S/C19H20ClN5O2/c1-12-4-9-17(27-3)16(10-12)13(2)21-18(26)11-25-23-19(22-24-25)14-5-7-15(20)8-6-14/h4-10,13H,11H2,1-3H3,(H,21,26). The monoisotopic (exact) mass is 385 g/mol. The zero-order valence-corrected chi connectivity index (χ0v) is 16.1. The van der Waals surface area contributed by atoms with Crippen molar-refractivity contribution in [3.63, 3.8) is 0 Å². The SMILES string of the molecule is COc1ccc(C)cc1C(C)NC(=O)Cn1nnc(-c2ccc(Cl)cc2)n1. The summed E-state index contributed by atoms with van der Waals surface area (Å²) in [5.41, 5.74) is 2.79. The second kappa shape index (κ2) is 8.18. The topological polar surface area (TPSA) is 81.9 Å². The van der Waals surface area contributed by atoms with Crippen molar-refractivity contribution in [1.29, 1.82) is 0 Å². The van der Waals surface area contributed by atoms with Crippen LogP contribution < -0.4 is 10.1 Å². The first-order chi connectivity index (χ1) is 13.0. The average molecular weight is 386 g/mol. The predicted molar refractivity (Wildman–Crippen MR) is 103 cm³/mol. The number of tetrazole rings is 1. The number of carbonyl (C=O) groups excluding carboxylic acids is 1. The van der Waals surface area contributed by atoms with Gasteiger partial charge in [0, 0.05) is 16.1 Å². The van der Waals surface area contributed by atoms with E-state index in [0.717, 1.165) is 22.4 Å². The Morgan fingerprint density at radius 2 is 2.00 bits per heavy atom. The Balaban J connectivity index is 1.66. The van der Waals surface area contributed by atoms with Gasteiger partial charge >= 0.3 is 0 Å². The molecule has 0 saturated carbocycles. The third-order valence-electron chi connectivity index (χ3n) is 4.07. The molecular formula is C19H20ClN5O2. The number of hydrogen-bond donors (Lipinski definition) is 1. The highest BCUT2D eigenvalue weighted by molar-refractivity contribution is 6.30. The fourth-order valence-corrected chi connectivity index (χ4v) is 2.84. The molecule has 0 aliphatic rings. The van der Waals surface area contributed by atoms with Gasteiger partial charge in [-0.3, -0.25) is 4.79 Å². The van der Waals surface area contributed by atoms with E-state index in [4.69, 9.17) is 16.3 Å². The van der Waals surface area contributed by atoms with Gasteiger partial charge in [-0.25, -0.2) is 0 Å². The molecule has 0 spiro atoms. The molecule has 8 heteroatoms. The summed E-state index contributed by atoms with van der Waals surface area (Å²) in [5, 5.41) is 15.7. The molecule has 0 aliphatic carbocycles. The molecule has 3 rings (SSSR count). The third-order valence-corrected chi connectivity index (χ3v) is 4.32. The van der Waals surface area contributed by atoms with Crippen LogP contribution in [-0.4, -0.2) is 33.2 Å². The Bertz CT molecular complexity index is 940. The fraction of sp³-hybridized carbons (Fsp3) is 0.263. The number of amides is 1. The normalized spacial score (nSPS) is 11.9. The molecule has 0 bridgehead atoms. The Morgan fingerprint density at radius 3 is 2.70 bits per heavy atom. The molecule has 3 aromatic rings. The van der Waals surface area contributed by atoms with E-state index in [1.54, 1.807) is 31.4 Å². The molecule has 1 atom stereocenters. The van der Waals surface area contributed by atoms with Crippen molar-refractivity contribution in [1.82, 2.24) is 25.5 Å². The van der Waals surface area contributed by atoms with E-state index < -0.39 is 0 Å². The quantitative estimate of drug-likeness (QED) is 0.704. The number of halogens is 1. The van der Waals surface area contributed by atoms with Gasteiger partial charge in [0.15, 0.2) is 0 Å². The van der Waals surface area contributed by atoms with E-state index in [0.29, 0.717) is 10.8 Å². The van der Waals surface area contributed by atoms with Crippen LogP contribution in [0.1, 0.15) is 24.1 Å². The van der Waals surface area contributed by atoms with E-state index >= 15 is 0 Å². The van der Waals surface area contributed by atoms with Crippen LogP contribution in [0.5, 0.6) is 5.75 Å². The third kappa shape index (κ3) is 4.62. The lowest BCUT2D eigenvalue weighted by molar-refractivity contribution is -0.122. The minimum Gasteiger partial charge on any atom is -0.496 e. The van der Waals surface area contributed by atoms with Gasteiger partial charge in [-0.05, 0) is 49.4 Å². The summed E-state index contributed by atoms with van der Waals surface area (Å²) >= 11 is 5.88. The number of hydrogen-bond acceptors (Lipinski definition) is 5. The molecule has 27 heavy (non-hydrogen) atoms. The second-order valence-electron chi connectivity index (χ2n) is 6.18. The van der Waals surface area contributed by atoms with Crippen LogP contribution in [-0.2, 0) is 11.3 Å². The lowest BCUT2D eigenvalue weighted by Gasteiger charge is -2.17. The maximum atomic E-state index is 12.4. The minimum absolute atomic E-state index is 0.0287. The van der Waals surface area contributed by atoms with Crippen LogP contribution in [0.15, 0.2) is 42.5 Å². The van der Waals surface area contributed by atoms with Crippen molar-refractivity contribution in [3.05, 3.63) is 58.6 Å². The van der Waals surface area contributed by atoms with Gasteiger partial charge in [0.25, 0.3) is 0 Å². The molecule has 1 unspecified atom stereocenters. The van der Waals surface area contributed by atoms with Gasteiger partial charge in [-0.15, -0.1) is 10.2 Å². The van der Waals surface area contributed by atoms with Crippen LogP contribution in [0, 0.1) is 6.92 Å². The number of methoxy groups -OCH3 is 1. The number of rotatable bonds is 6. The Kier molecular flexibility index (Phi) is 5.71. The lowest BCUT2D eigenvalue weighted by atomic mass is 10.0. The maximum absolute atomic E-state index is 12.4. The number of benzene rings is 2. The first-order valence-corrected chi connectivity index (χ1v) is 8.81. The van der Waals surface area contributed by atoms with Crippen molar-refractivity contribution in [2.45, 2.75) is 26.4 Å². The van der Waals surface area contributed by atoms with Gasteiger partial charge in [0.2, 0.25) is 11.7 Å². The summed E-state index contributed by atoms with van der Waals surface area (Å²) in [6.45, 7) is 3.87. The van der Waals surface area contributed by atoms with Crippen LogP contribution >= 0.6 is 11.6 Å². The van der Waals surface area contributed by atoms with E-state index in [-0.39, 0.29) is 18.5 Å². The summed E-state index contributed by atoms with van der Waals surface area (Å²) in [4.78, 5) is 13.6. The predicted octanol–water partition coefficient (Wildman–Crippen LogP) is 3.19. The first kappa shape index (κ1) is 18.8. The van der Waals surface area contributed by atoms with E-state index in [1.807, 2.05) is 32.0 Å². The van der Waals surface area contributed by atoms with Crippen molar-refractivity contribution in [2.75, 3.05) is 7.11 Å². The molecule has 2 aromatic carbocycles. The summed E-state index contributed by atoms with van der Waals surface area (Å²) < 4.78 is 5.38. The first-order valence-electron chi connectivity index (χ1n) is 8.44. The number of nitrogens with one attached hydrogen (secondary N) is 1. The fourth-order valence-electron chi connectivity index (χ4n) is 2.71. The molecule has 0 fully saturated rings. The summed E-state index contributed by atoms with van der Waals surface area (Å²) in [6, 6.07) is 12.7. The highest BCUT2D eigenvalue weighted by Gasteiger charge is 2.16. The number of aryl methyl sites for hydroxylation is 1. The molecule has 140 valence electrons. The van der Waals surface area contributed by atoms with Crippen LogP contribution in [0.3, 0.4) is 0 Å². The van der Waals surface area contributed by atoms with Crippen LogP contribution in [0.25, 0.3) is 11.4 Å². The zero-order valence-electron chi connectivity index (χ0n) is 15.3. The highest BCUT2D eigenvalue weighted by atomic mass is 35.5. The van der Waals surface area contributed by atoms with Crippen molar-refractivity contribution in [2.24, 2.45) is 0 Å². The number of carbonyl (C=O) groups is 1. The molecule has 0 radical (unpaired) electrons. The van der Waals surface area contributed by atoms with Gasteiger partial charge in [-0.2, -0.15) is 4.80 Å². The zero-order chi connectivity index (χ0) is 19.4. The van der Waals surface area contributed by atoms with Crippen molar-refractivity contribution < 1.29 is 9.53 Å². The van der Waals surface area contributed by atoms with Crippen LogP contribution in [0.2, 0.25) is 5.02 Å². The molecule has 1 amide bonds. The Morgan fingerprint density at radius 1 is 1.26 bits per heavy atom. The Hall–Kier alpha value is -2.93. The maximum Gasteiger partial charge on any atom is 0.244 e. The molecule has 0 aliphatic heterocycles. The average Bonchev–Trinajstić information content (AvgIpc) is 3.10. The van der Waals surface area contributed by atoms with E-state index in [1.165, 1.54) is 4.80 Å². The number of ether oxygens (including phenoxy) is 1. The highest BCUT2D eigenvalue weighted by Crippen LogP contribution is 2.26. The van der Waals surface area contributed by atoms with Gasteiger partial charge in [-0.1, -0.05) is 29.3 Å². The van der Waals surface area contributed by atoms with Gasteiger partial charge in [0.1, 0.15) is 12.3 Å². The van der Waals surface area contributed by atoms with Crippen LogP contribution in [0.4, 0.5) is 0 Å². The molecular weight excluding hydrogens is 366 g/mol.